The molecule has 18 heavy (non-hydrogen) atoms. The summed E-state index contributed by atoms with van der Waals surface area (Å²) in [4.78, 5) is 8.84. The summed E-state index contributed by atoms with van der Waals surface area (Å²) in [6.07, 6.45) is 0.620. The Morgan fingerprint density at radius 1 is 1.44 bits per heavy atom. The summed E-state index contributed by atoms with van der Waals surface area (Å²) in [5, 5.41) is 3.15. The number of rotatable bonds is 3. The molecular formula is C11H16BrN3O2S. The van der Waals surface area contributed by atoms with E-state index in [0.717, 1.165) is 22.5 Å². The highest BCUT2D eigenvalue weighted by atomic mass is 79.9. The molecule has 1 fully saturated rings. The third-order valence-electron chi connectivity index (χ3n) is 2.98. The highest BCUT2D eigenvalue weighted by molar-refractivity contribution is 9.10. The molecule has 0 spiro atoms. The minimum Gasteiger partial charge on any atom is -0.369 e. The van der Waals surface area contributed by atoms with Gasteiger partial charge >= 0.3 is 0 Å². The zero-order valence-corrected chi connectivity index (χ0v) is 12.8. The lowest BCUT2D eigenvalue weighted by Crippen LogP contribution is -2.11. The average molecular weight is 334 g/mol. The van der Waals surface area contributed by atoms with E-state index in [1.165, 1.54) is 0 Å². The Morgan fingerprint density at radius 2 is 2.17 bits per heavy atom. The fraction of sp³-hybridized carbons (Fsp3) is 0.636. The summed E-state index contributed by atoms with van der Waals surface area (Å²) in [5.41, 5.74) is 0.834. The minimum atomic E-state index is -2.90. The fourth-order valence-corrected chi connectivity index (χ4v) is 4.10. The smallest absolute Gasteiger partial charge is 0.151 e. The summed E-state index contributed by atoms with van der Waals surface area (Å²) >= 11 is 3.44. The van der Waals surface area contributed by atoms with Gasteiger partial charge in [0.1, 0.15) is 11.6 Å². The van der Waals surface area contributed by atoms with Gasteiger partial charge in [-0.15, -0.1) is 0 Å². The summed E-state index contributed by atoms with van der Waals surface area (Å²) < 4.78 is 23.8. The Bertz CT molecular complexity index is 560. The zero-order valence-electron chi connectivity index (χ0n) is 10.4. The van der Waals surface area contributed by atoms with Gasteiger partial charge in [-0.3, -0.25) is 0 Å². The Labute approximate surface area is 115 Å². The molecule has 2 rings (SSSR count). The normalized spacial score (nSPS) is 22.1. The number of halogens is 1. The molecule has 5 nitrogen and oxygen atoms in total. The molecule has 0 saturated carbocycles. The predicted molar refractivity (Wildman–Crippen MR) is 74.6 cm³/mol. The first-order valence-electron chi connectivity index (χ1n) is 5.91. The van der Waals surface area contributed by atoms with E-state index >= 15 is 0 Å². The molecule has 2 heterocycles. The molecule has 1 aliphatic rings. The van der Waals surface area contributed by atoms with Crippen LogP contribution in [-0.2, 0) is 9.84 Å². The van der Waals surface area contributed by atoms with Gasteiger partial charge in [0.2, 0.25) is 0 Å². The van der Waals surface area contributed by atoms with Crippen LogP contribution in [-0.4, -0.2) is 36.4 Å². The van der Waals surface area contributed by atoms with Gasteiger partial charge in [-0.05, 0) is 36.2 Å². The molecule has 0 aromatic carbocycles. The molecule has 0 radical (unpaired) electrons. The van der Waals surface area contributed by atoms with Gasteiger partial charge in [0.25, 0.3) is 0 Å². The Morgan fingerprint density at radius 3 is 2.72 bits per heavy atom. The maximum absolute atomic E-state index is 11.5. The van der Waals surface area contributed by atoms with Crippen LogP contribution < -0.4 is 5.32 Å². The van der Waals surface area contributed by atoms with Crippen molar-refractivity contribution in [3.63, 3.8) is 0 Å². The molecule has 0 aliphatic carbocycles. The van der Waals surface area contributed by atoms with Gasteiger partial charge in [-0.2, -0.15) is 0 Å². The molecule has 1 N–H and O–H groups in total. The van der Waals surface area contributed by atoms with E-state index in [2.05, 4.69) is 31.2 Å². The molecule has 1 aromatic rings. The van der Waals surface area contributed by atoms with Gasteiger partial charge in [-0.1, -0.05) is 0 Å². The molecule has 1 aromatic heterocycles. The van der Waals surface area contributed by atoms with E-state index in [9.17, 15) is 8.42 Å². The molecule has 0 amide bonds. The van der Waals surface area contributed by atoms with Gasteiger partial charge in [0, 0.05) is 12.5 Å². The number of aryl methyl sites for hydroxylation is 1. The van der Waals surface area contributed by atoms with E-state index in [0.29, 0.717) is 12.2 Å². The van der Waals surface area contributed by atoms with E-state index in [4.69, 9.17) is 0 Å². The van der Waals surface area contributed by atoms with Crippen LogP contribution in [0.15, 0.2) is 4.47 Å². The summed E-state index contributed by atoms with van der Waals surface area (Å²) in [7, 11) is -2.90. The topological polar surface area (TPSA) is 72.0 Å². The Hall–Kier alpha value is -0.690. The third-order valence-corrected chi connectivity index (χ3v) is 5.69. The van der Waals surface area contributed by atoms with E-state index in [-0.39, 0.29) is 17.4 Å². The van der Waals surface area contributed by atoms with Crippen molar-refractivity contribution in [3.05, 3.63) is 16.0 Å². The highest BCUT2D eigenvalue weighted by Crippen LogP contribution is 2.30. The van der Waals surface area contributed by atoms with Crippen LogP contribution >= 0.6 is 15.9 Å². The second-order valence-corrected chi connectivity index (χ2v) is 7.48. The number of nitrogens with one attached hydrogen (secondary N) is 1. The summed E-state index contributed by atoms with van der Waals surface area (Å²) in [6.45, 7) is 4.64. The molecule has 0 bridgehead atoms. The van der Waals surface area contributed by atoms with Crippen LogP contribution in [0.2, 0.25) is 0 Å². The first-order chi connectivity index (χ1) is 8.43. The van der Waals surface area contributed by atoms with Gasteiger partial charge in [0.15, 0.2) is 9.84 Å². The number of hydrogen-bond donors (Lipinski definition) is 1. The molecule has 100 valence electrons. The van der Waals surface area contributed by atoms with Crippen LogP contribution in [0.4, 0.5) is 5.82 Å². The average Bonchev–Trinajstić information content (AvgIpc) is 2.65. The lowest BCUT2D eigenvalue weighted by Gasteiger charge is -2.12. The van der Waals surface area contributed by atoms with Crippen molar-refractivity contribution in [3.8, 4) is 0 Å². The molecule has 1 atom stereocenters. The van der Waals surface area contributed by atoms with Crippen LogP contribution in [0.25, 0.3) is 0 Å². The number of hydrogen-bond acceptors (Lipinski definition) is 5. The second kappa shape index (κ2) is 5.13. The van der Waals surface area contributed by atoms with E-state index < -0.39 is 9.84 Å². The van der Waals surface area contributed by atoms with Crippen LogP contribution in [0, 0.1) is 6.92 Å². The maximum atomic E-state index is 11.5. The first-order valence-corrected chi connectivity index (χ1v) is 8.52. The van der Waals surface area contributed by atoms with E-state index in [1.54, 1.807) is 0 Å². The van der Waals surface area contributed by atoms with Gasteiger partial charge in [0.05, 0.1) is 21.7 Å². The highest BCUT2D eigenvalue weighted by Gasteiger charge is 2.31. The van der Waals surface area contributed by atoms with Crippen molar-refractivity contribution >= 4 is 31.6 Å². The molecule has 7 heteroatoms. The van der Waals surface area contributed by atoms with Crippen molar-refractivity contribution in [1.82, 2.24) is 9.97 Å². The lowest BCUT2D eigenvalue weighted by molar-refractivity contribution is 0.601. The SMILES string of the molecule is CCNc1nc(C2CCS(=O)(=O)C2)nc(C)c1Br. The number of nitrogens with zero attached hydrogens (tertiary/aromatic N) is 2. The summed E-state index contributed by atoms with van der Waals surface area (Å²) in [5.74, 6) is 1.71. The standard InChI is InChI=1S/C11H16BrN3O2S/c1-3-13-11-9(12)7(2)14-10(15-11)8-4-5-18(16,17)6-8/h8H,3-6H2,1-2H3,(H,13,14,15). The number of anilines is 1. The van der Waals surface area contributed by atoms with Crippen LogP contribution in [0.1, 0.15) is 30.8 Å². The van der Waals surface area contributed by atoms with Gasteiger partial charge in [-0.25, -0.2) is 18.4 Å². The quantitative estimate of drug-likeness (QED) is 0.914. The van der Waals surface area contributed by atoms with Crippen LogP contribution in [0.3, 0.4) is 0 Å². The molecule has 1 saturated heterocycles. The lowest BCUT2D eigenvalue weighted by atomic mass is 10.1. The van der Waals surface area contributed by atoms with Crippen molar-refractivity contribution in [2.75, 3.05) is 23.4 Å². The fourth-order valence-electron chi connectivity index (χ4n) is 2.05. The predicted octanol–water partition coefficient (Wildman–Crippen LogP) is 1.88. The van der Waals surface area contributed by atoms with Crippen molar-refractivity contribution in [1.29, 1.82) is 0 Å². The van der Waals surface area contributed by atoms with Crippen molar-refractivity contribution < 1.29 is 8.42 Å². The number of sulfone groups is 1. The minimum absolute atomic E-state index is 0.0702. The zero-order chi connectivity index (χ0) is 13.3. The first kappa shape index (κ1) is 13.7. The third kappa shape index (κ3) is 2.83. The monoisotopic (exact) mass is 333 g/mol. The maximum Gasteiger partial charge on any atom is 0.151 e. The molecule has 1 aliphatic heterocycles. The van der Waals surface area contributed by atoms with Gasteiger partial charge < -0.3 is 5.32 Å². The Kier molecular flexibility index (Phi) is 3.91. The van der Waals surface area contributed by atoms with E-state index in [1.807, 2.05) is 13.8 Å². The van der Waals surface area contributed by atoms with Crippen molar-refractivity contribution in [2.45, 2.75) is 26.2 Å². The molecular weight excluding hydrogens is 318 g/mol. The van der Waals surface area contributed by atoms with Crippen molar-refractivity contribution in [2.24, 2.45) is 0 Å². The largest absolute Gasteiger partial charge is 0.369 e. The molecule has 1 unspecified atom stereocenters. The van der Waals surface area contributed by atoms with Crippen LogP contribution in [0.5, 0.6) is 0 Å². The summed E-state index contributed by atoms with van der Waals surface area (Å²) in [6, 6.07) is 0. The second-order valence-electron chi connectivity index (χ2n) is 4.46. The number of aromatic nitrogens is 2. The Balaban J connectivity index is 2.34.